The topological polar surface area (TPSA) is 90.9 Å². The van der Waals surface area contributed by atoms with Crippen LogP contribution in [0.1, 0.15) is 36.8 Å². The minimum absolute atomic E-state index is 0.0856. The van der Waals surface area contributed by atoms with E-state index in [-0.39, 0.29) is 20.8 Å². The summed E-state index contributed by atoms with van der Waals surface area (Å²) in [6.45, 7) is 2.55. The van der Waals surface area contributed by atoms with Gasteiger partial charge in [0.15, 0.2) is 9.84 Å². The van der Waals surface area contributed by atoms with Crippen molar-refractivity contribution in [3.8, 4) is 0 Å². The second kappa shape index (κ2) is 13.3. The zero-order chi connectivity index (χ0) is 25.3. The molecule has 1 aliphatic heterocycles. The molecule has 7 nitrogen and oxygen atoms in total. The molecule has 0 atom stereocenters. The number of benzene rings is 2. The third-order valence-electron chi connectivity index (χ3n) is 6.00. The number of rotatable bonds is 9. The number of sulfone groups is 1. The Labute approximate surface area is 217 Å². The normalized spacial score (nSPS) is 15.7. The number of halogens is 2. The zero-order valence-electron chi connectivity index (χ0n) is 19.8. The fraction of sp³-hybridized carbons (Fsp3) is 0.440. The zero-order valence-corrected chi connectivity index (χ0v) is 22.2. The molecule has 1 aliphatic carbocycles. The van der Waals surface area contributed by atoms with E-state index in [9.17, 15) is 13.2 Å². The van der Waals surface area contributed by atoms with Gasteiger partial charge in [0.25, 0.3) is 0 Å². The minimum atomic E-state index is -3.43. The van der Waals surface area contributed by atoms with Gasteiger partial charge in [-0.3, -0.25) is 9.79 Å². The van der Waals surface area contributed by atoms with E-state index in [2.05, 4.69) is 39.9 Å². The monoisotopic (exact) mass is 538 g/mol. The number of nitrogens with zero attached hydrogens (tertiary/aromatic N) is 2. The Morgan fingerprint density at radius 2 is 1.86 bits per heavy atom. The summed E-state index contributed by atoms with van der Waals surface area (Å²) in [5.74, 6) is 0.902. The summed E-state index contributed by atoms with van der Waals surface area (Å²) < 4.78 is 24.3. The molecule has 0 unspecified atom stereocenters. The average molecular weight is 540 g/mol. The van der Waals surface area contributed by atoms with Gasteiger partial charge in [0, 0.05) is 31.7 Å². The number of likely N-dealkylation sites (N-methyl/N-ethyl adjacent to an activating group) is 1. The molecule has 0 spiro atoms. The number of aliphatic imine (C=N–C) groups is 1. The Kier molecular flexibility index (Phi) is 10.4. The van der Waals surface area contributed by atoms with Crippen LogP contribution >= 0.6 is 23.2 Å². The summed E-state index contributed by atoms with van der Waals surface area (Å²) in [6, 6.07) is 13.3. The summed E-state index contributed by atoms with van der Waals surface area (Å²) in [7, 11) is -1.64. The fourth-order valence-corrected chi connectivity index (χ4v) is 5.93. The van der Waals surface area contributed by atoms with Gasteiger partial charge in [-0.25, -0.2) is 8.42 Å². The van der Waals surface area contributed by atoms with Crippen LogP contribution in [0, 0.1) is 0 Å². The number of amidine groups is 1. The Morgan fingerprint density at radius 3 is 2.49 bits per heavy atom. The third-order valence-corrected chi connectivity index (χ3v) is 8.49. The van der Waals surface area contributed by atoms with Crippen molar-refractivity contribution < 1.29 is 13.2 Å². The van der Waals surface area contributed by atoms with Crippen molar-refractivity contribution in [2.24, 2.45) is 4.99 Å². The maximum atomic E-state index is 12.2. The van der Waals surface area contributed by atoms with Crippen LogP contribution in [0.4, 0.5) is 0 Å². The maximum Gasteiger partial charge on any atom is 0.209 e. The molecule has 0 aromatic heterocycles. The summed E-state index contributed by atoms with van der Waals surface area (Å²) >= 11 is 11.8. The average Bonchev–Trinajstić information content (AvgIpc) is 3.58. The number of carbonyl (C=O) groups is 1. The van der Waals surface area contributed by atoms with Crippen LogP contribution < -0.4 is 10.6 Å². The highest BCUT2D eigenvalue weighted by molar-refractivity contribution is 7.91. The largest absolute Gasteiger partial charge is 0.368 e. The smallest absolute Gasteiger partial charge is 0.209 e. The van der Waals surface area contributed by atoms with Gasteiger partial charge in [0.1, 0.15) is 11.7 Å². The number of nitrogens with one attached hydrogen (secondary N) is 2. The quantitative estimate of drug-likeness (QED) is 0.472. The first-order valence-electron chi connectivity index (χ1n) is 11.7. The molecule has 1 fully saturated rings. The Bertz CT molecular complexity index is 1120. The summed E-state index contributed by atoms with van der Waals surface area (Å²) in [6.07, 6.45) is 6.14. The summed E-state index contributed by atoms with van der Waals surface area (Å²) in [4.78, 5) is 16.6. The van der Waals surface area contributed by atoms with Gasteiger partial charge in [-0.2, -0.15) is 0 Å². The predicted octanol–water partition coefficient (Wildman–Crippen LogP) is 3.92. The lowest BCUT2D eigenvalue weighted by molar-refractivity contribution is -0.116. The third kappa shape index (κ3) is 8.20. The molecular weight excluding hydrogens is 507 g/mol. The van der Waals surface area contributed by atoms with E-state index in [1.807, 2.05) is 0 Å². The van der Waals surface area contributed by atoms with Crippen molar-refractivity contribution in [2.75, 3.05) is 32.6 Å². The molecule has 0 radical (unpaired) electrons. The standard InChI is InChI=1S/C13H17N3O.C12H15Cl2NO2S/c1-16(10-17)9-6-11-2-4-12(5-3-11)13-14-7-8-15-13;13-10-6-3-7-11(12(10)14)18(16,17)8-15-9-4-1-2-5-9/h2-5,10H,6-9H2,1H3,(H,14,15);3,6-7,9,15H,1-2,4-5,8H2. The van der Waals surface area contributed by atoms with E-state index >= 15 is 0 Å². The van der Waals surface area contributed by atoms with Gasteiger partial charge in [0.2, 0.25) is 6.41 Å². The van der Waals surface area contributed by atoms with Crippen LogP contribution in [-0.2, 0) is 21.1 Å². The molecule has 190 valence electrons. The van der Waals surface area contributed by atoms with Crippen LogP contribution in [0.25, 0.3) is 0 Å². The lowest BCUT2D eigenvalue weighted by Gasteiger charge is -2.13. The van der Waals surface area contributed by atoms with Crippen molar-refractivity contribution in [1.82, 2.24) is 15.5 Å². The molecule has 0 bridgehead atoms. The molecule has 1 saturated carbocycles. The van der Waals surface area contributed by atoms with Gasteiger partial charge in [0.05, 0.1) is 21.5 Å². The lowest BCUT2D eigenvalue weighted by atomic mass is 10.1. The number of hydrogen-bond acceptors (Lipinski definition) is 6. The second-order valence-electron chi connectivity index (χ2n) is 8.69. The molecule has 1 heterocycles. The van der Waals surface area contributed by atoms with Crippen LogP contribution in [-0.4, -0.2) is 64.2 Å². The summed E-state index contributed by atoms with van der Waals surface area (Å²) in [5.41, 5.74) is 2.37. The molecule has 2 aromatic carbocycles. The van der Waals surface area contributed by atoms with Gasteiger partial charge >= 0.3 is 0 Å². The van der Waals surface area contributed by atoms with Gasteiger partial charge in [-0.05, 0) is 37.0 Å². The van der Waals surface area contributed by atoms with Crippen LogP contribution in [0.3, 0.4) is 0 Å². The van der Waals surface area contributed by atoms with Crippen LogP contribution in [0.5, 0.6) is 0 Å². The van der Waals surface area contributed by atoms with Gasteiger partial charge < -0.3 is 15.5 Å². The SMILES string of the molecule is CN(C=O)CCc1ccc(C2=NCCN2)cc1.O=S(=O)(CNC1CCCC1)c1cccc(Cl)c1Cl. The van der Waals surface area contributed by atoms with E-state index in [0.29, 0.717) is 6.04 Å². The van der Waals surface area contributed by atoms with E-state index in [1.165, 1.54) is 11.6 Å². The number of carbonyl (C=O) groups excluding carboxylic acids is 1. The fourth-order valence-electron chi connectivity index (χ4n) is 3.94. The molecule has 4 rings (SSSR count). The Morgan fingerprint density at radius 1 is 1.14 bits per heavy atom. The van der Waals surface area contributed by atoms with E-state index in [1.54, 1.807) is 24.1 Å². The number of amides is 1. The molecule has 1 amide bonds. The Hall–Kier alpha value is -2.13. The molecule has 2 N–H and O–H groups in total. The van der Waals surface area contributed by atoms with Crippen molar-refractivity contribution in [2.45, 2.75) is 43.0 Å². The molecule has 2 aromatic rings. The molecule has 2 aliphatic rings. The highest BCUT2D eigenvalue weighted by Gasteiger charge is 2.22. The highest BCUT2D eigenvalue weighted by atomic mass is 35.5. The first-order valence-corrected chi connectivity index (χ1v) is 14.1. The van der Waals surface area contributed by atoms with Crippen LogP contribution in [0.2, 0.25) is 10.0 Å². The van der Waals surface area contributed by atoms with E-state index < -0.39 is 9.84 Å². The number of hydrogen-bond donors (Lipinski definition) is 2. The van der Waals surface area contributed by atoms with Crippen molar-refractivity contribution in [3.05, 3.63) is 63.6 Å². The van der Waals surface area contributed by atoms with E-state index in [0.717, 1.165) is 69.5 Å². The predicted molar refractivity (Wildman–Crippen MR) is 142 cm³/mol. The van der Waals surface area contributed by atoms with Crippen LogP contribution in [0.15, 0.2) is 52.4 Å². The molecule has 10 heteroatoms. The minimum Gasteiger partial charge on any atom is -0.368 e. The maximum absolute atomic E-state index is 12.2. The Balaban J connectivity index is 0.000000196. The van der Waals surface area contributed by atoms with Crippen molar-refractivity contribution in [1.29, 1.82) is 0 Å². The van der Waals surface area contributed by atoms with Gasteiger partial charge in [-0.1, -0.05) is 66.4 Å². The first kappa shape index (κ1) is 27.5. The molecular formula is C25H32Cl2N4O3S. The van der Waals surface area contributed by atoms with Crippen molar-refractivity contribution >= 4 is 45.3 Å². The summed E-state index contributed by atoms with van der Waals surface area (Å²) in [5, 5.41) is 6.69. The lowest BCUT2D eigenvalue weighted by Crippen LogP contribution is -2.31. The van der Waals surface area contributed by atoms with E-state index in [4.69, 9.17) is 23.2 Å². The first-order chi connectivity index (χ1) is 16.8. The molecule has 0 saturated heterocycles. The van der Waals surface area contributed by atoms with Gasteiger partial charge in [-0.15, -0.1) is 0 Å². The van der Waals surface area contributed by atoms with Crippen molar-refractivity contribution in [3.63, 3.8) is 0 Å². The molecule has 35 heavy (non-hydrogen) atoms. The highest BCUT2D eigenvalue weighted by Crippen LogP contribution is 2.29. The second-order valence-corrected chi connectivity index (χ2v) is 11.4.